The number of nitrogens with one attached hydrogen (secondary N) is 1. The molecule has 2 heterocycles. The van der Waals surface area contributed by atoms with Crippen LogP contribution in [0.25, 0.3) is 0 Å². The van der Waals surface area contributed by atoms with E-state index in [2.05, 4.69) is 10.3 Å². The highest BCUT2D eigenvalue weighted by atomic mass is 35.5. The molecule has 1 aliphatic heterocycles. The first-order valence-electron chi connectivity index (χ1n) is 8.37. The summed E-state index contributed by atoms with van der Waals surface area (Å²) in [6.45, 7) is 2.89. The van der Waals surface area contributed by atoms with Crippen LogP contribution < -0.4 is 5.32 Å². The van der Waals surface area contributed by atoms with Crippen molar-refractivity contribution in [2.24, 2.45) is 0 Å². The number of urea groups is 1. The molecule has 2 aromatic rings. The van der Waals surface area contributed by atoms with Crippen molar-refractivity contribution in [3.63, 3.8) is 0 Å². The summed E-state index contributed by atoms with van der Waals surface area (Å²) in [6.07, 6.45) is 3.93. The summed E-state index contributed by atoms with van der Waals surface area (Å²) in [5.41, 5.74) is 3.89. The normalized spacial score (nSPS) is 13.2. The van der Waals surface area contributed by atoms with Crippen LogP contribution >= 0.6 is 11.6 Å². The Labute approximate surface area is 157 Å². The zero-order valence-corrected chi connectivity index (χ0v) is 15.8. The molecule has 0 unspecified atom stereocenters. The highest BCUT2D eigenvalue weighted by molar-refractivity contribution is 6.31. The summed E-state index contributed by atoms with van der Waals surface area (Å²) in [5.74, 6) is -0.216. The van der Waals surface area contributed by atoms with Crippen LogP contribution in [-0.4, -0.2) is 47.4 Å². The number of rotatable bonds is 2. The number of carbonyl (C=O) groups excluding carboxylic acids is 2. The molecular weight excluding hydrogens is 352 g/mol. The van der Waals surface area contributed by atoms with Gasteiger partial charge in [0.05, 0.1) is 5.56 Å². The van der Waals surface area contributed by atoms with Crippen LogP contribution in [0.2, 0.25) is 5.02 Å². The first kappa shape index (κ1) is 18.2. The van der Waals surface area contributed by atoms with Crippen molar-refractivity contribution in [1.29, 1.82) is 0 Å². The molecule has 0 bridgehead atoms. The summed E-state index contributed by atoms with van der Waals surface area (Å²) in [4.78, 5) is 32.5. The molecule has 0 spiro atoms. The standard InChI is InChI=1S/C19H21ClN4O2/c1-12-16(20)5-4-6-17(12)22-18(25)15-10-21-9-13-11-24(8-7-14(13)15)19(26)23(2)3/h4-6,9-10H,7-8,11H2,1-3H3,(H,22,25). The third-order valence-electron chi connectivity index (χ3n) is 4.55. The highest BCUT2D eigenvalue weighted by Gasteiger charge is 2.25. The number of amides is 3. The van der Waals surface area contributed by atoms with Gasteiger partial charge in [0.25, 0.3) is 5.91 Å². The van der Waals surface area contributed by atoms with Crippen molar-refractivity contribution >= 4 is 29.2 Å². The van der Waals surface area contributed by atoms with E-state index in [1.165, 1.54) is 0 Å². The van der Waals surface area contributed by atoms with E-state index < -0.39 is 0 Å². The lowest BCUT2D eigenvalue weighted by Crippen LogP contribution is -2.42. The lowest BCUT2D eigenvalue weighted by molar-refractivity contribution is 0.102. The van der Waals surface area contributed by atoms with Crippen molar-refractivity contribution in [2.75, 3.05) is 26.0 Å². The van der Waals surface area contributed by atoms with Gasteiger partial charge >= 0.3 is 6.03 Å². The molecule has 6 nitrogen and oxygen atoms in total. The van der Waals surface area contributed by atoms with Gasteiger partial charge in [-0.25, -0.2) is 4.79 Å². The fourth-order valence-corrected chi connectivity index (χ4v) is 3.24. The third kappa shape index (κ3) is 3.51. The average Bonchev–Trinajstić information content (AvgIpc) is 2.63. The van der Waals surface area contributed by atoms with Gasteiger partial charge < -0.3 is 15.1 Å². The lowest BCUT2D eigenvalue weighted by Gasteiger charge is -2.31. The number of halogens is 1. The Hall–Kier alpha value is -2.60. The number of pyridine rings is 1. The number of hydrogen-bond acceptors (Lipinski definition) is 3. The van der Waals surface area contributed by atoms with Gasteiger partial charge in [0.15, 0.2) is 0 Å². The maximum absolute atomic E-state index is 12.8. The van der Waals surface area contributed by atoms with Crippen molar-refractivity contribution < 1.29 is 9.59 Å². The van der Waals surface area contributed by atoms with Gasteiger partial charge in [-0.05, 0) is 42.2 Å². The lowest BCUT2D eigenvalue weighted by atomic mass is 9.96. The molecule has 1 aromatic heterocycles. The van der Waals surface area contributed by atoms with Gasteiger partial charge in [-0.15, -0.1) is 0 Å². The van der Waals surface area contributed by atoms with E-state index in [0.29, 0.717) is 35.8 Å². The number of nitrogens with zero attached hydrogens (tertiary/aromatic N) is 3. The Morgan fingerprint density at radius 3 is 2.77 bits per heavy atom. The molecule has 7 heteroatoms. The van der Waals surface area contributed by atoms with Crippen LogP contribution in [0.15, 0.2) is 30.6 Å². The smallest absolute Gasteiger partial charge is 0.319 e. The van der Waals surface area contributed by atoms with E-state index in [-0.39, 0.29) is 11.9 Å². The maximum Gasteiger partial charge on any atom is 0.319 e. The zero-order chi connectivity index (χ0) is 18.8. The predicted molar refractivity (Wildman–Crippen MR) is 102 cm³/mol. The van der Waals surface area contributed by atoms with E-state index in [1.54, 1.807) is 48.4 Å². The number of benzene rings is 1. The zero-order valence-electron chi connectivity index (χ0n) is 15.0. The Bertz CT molecular complexity index is 867. The molecule has 3 rings (SSSR count). The molecule has 0 radical (unpaired) electrons. The molecule has 0 saturated heterocycles. The van der Waals surface area contributed by atoms with Crippen molar-refractivity contribution in [3.05, 3.63) is 57.9 Å². The first-order chi connectivity index (χ1) is 12.4. The summed E-state index contributed by atoms with van der Waals surface area (Å²) >= 11 is 6.12. The van der Waals surface area contributed by atoms with Gasteiger partial charge in [-0.3, -0.25) is 9.78 Å². The second kappa shape index (κ2) is 7.33. The molecule has 1 aromatic carbocycles. The van der Waals surface area contributed by atoms with E-state index in [0.717, 1.165) is 16.7 Å². The Morgan fingerprint density at radius 1 is 1.27 bits per heavy atom. The van der Waals surface area contributed by atoms with Crippen LogP contribution in [0.5, 0.6) is 0 Å². The number of aromatic nitrogens is 1. The maximum atomic E-state index is 12.8. The molecule has 1 N–H and O–H groups in total. The second-order valence-corrected chi connectivity index (χ2v) is 6.95. The molecule has 136 valence electrons. The van der Waals surface area contributed by atoms with Gasteiger partial charge in [-0.1, -0.05) is 17.7 Å². The second-order valence-electron chi connectivity index (χ2n) is 6.54. The summed E-state index contributed by atoms with van der Waals surface area (Å²) in [6, 6.07) is 5.36. The largest absolute Gasteiger partial charge is 0.331 e. The number of carbonyl (C=O) groups is 2. The minimum absolute atomic E-state index is 0.0416. The molecular formula is C19H21ClN4O2. The Balaban J connectivity index is 1.84. The summed E-state index contributed by atoms with van der Waals surface area (Å²) < 4.78 is 0. The predicted octanol–water partition coefficient (Wildman–Crippen LogP) is 3.34. The van der Waals surface area contributed by atoms with Gasteiger partial charge in [0, 0.05) is 50.3 Å². The minimum atomic E-state index is -0.216. The molecule has 0 aliphatic carbocycles. The van der Waals surface area contributed by atoms with Crippen LogP contribution in [0.4, 0.5) is 10.5 Å². The number of fused-ring (bicyclic) bond motifs is 1. The molecule has 3 amide bonds. The van der Waals surface area contributed by atoms with Crippen LogP contribution in [0, 0.1) is 6.92 Å². The van der Waals surface area contributed by atoms with Crippen LogP contribution in [0.3, 0.4) is 0 Å². The Morgan fingerprint density at radius 2 is 2.04 bits per heavy atom. The molecule has 26 heavy (non-hydrogen) atoms. The van der Waals surface area contributed by atoms with Crippen molar-refractivity contribution in [3.8, 4) is 0 Å². The molecule has 1 aliphatic rings. The van der Waals surface area contributed by atoms with E-state index in [9.17, 15) is 9.59 Å². The SMILES string of the molecule is Cc1c(Cl)cccc1NC(=O)c1cncc2c1CCN(C(=O)N(C)C)C2. The average molecular weight is 373 g/mol. The molecule has 0 atom stereocenters. The summed E-state index contributed by atoms with van der Waals surface area (Å²) in [5, 5.41) is 3.52. The van der Waals surface area contributed by atoms with Crippen molar-refractivity contribution in [1.82, 2.24) is 14.8 Å². The van der Waals surface area contributed by atoms with Crippen LogP contribution in [0.1, 0.15) is 27.0 Å². The first-order valence-corrected chi connectivity index (χ1v) is 8.74. The fraction of sp³-hybridized carbons (Fsp3) is 0.316. The molecule has 0 saturated carbocycles. The minimum Gasteiger partial charge on any atom is -0.331 e. The quantitative estimate of drug-likeness (QED) is 0.879. The summed E-state index contributed by atoms with van der Waals surface area (Å²) in [7, 11) is 3.46. The Kier molecular flexibility index (Phi) is 5.13. The van der Waals surface area contributed by atoms with Crippen molar-refractivity contribution in [2.45, 2.75) is 19.9 Å². The van der Waals surface area contributed by atoms with E-state index in [1.807, 2.05) is 13.0 Å². The number of hydrogen-bond donors (Lipinski definition) is 1. The van der Waals surface area contributed by atoms with E-state index >= 15 is 0 Å². The monoisotopic (exact) mass is 372 g/mol. The number of anilines is 1. The van der Waals surface area contributed by atoms with Crippen LogP contribution in [-0.2, 0) is 13.0 Å². The topological polar surface area (TPSA) is 65.5 Å². The third-order valence-corrected chi connectivity index (χ3v) is 4.96. The van der Waals surface area contributed by atoms with Gasteiger partial charge in [0.2, 0.25) is 0 Å². The fourth-order valence-electron chi connectivity index (χ4n) is 3.07. The van der Waals surface area contributed by atoms with Gasteiger partial charge in [0.1, 0.15) is 0 Å². The molecule has 0 fully saturated rings. The highest BCUT2D eigenvalue weighted by Crippen LogP contribution is 2.26. The van der Waals surface area contributed by atoms with E-state index in [4.69, 9.17) is 11.6 Å². The van der Waals surface area contributed by atoms with Gasteiger partial charge in [-0.2, -0.15) is 0 Å².